The number of hydrogen-bond donors (Lipinski definition) is 1. The van der Waals surface area contributed by atoms with Gasteiger partial charge in [-0.05, 0) is 37.1 Å². The predicted molar refractivity (Wildman–Crippen MR) is 70.8 cm³/mol. The number of fused-ring (bicyclic) bond motifs is 1. The monoisotopic (exact) mass is 241 g/mol. The van der Waals surface area contributed by atoms with Gasteiger partial charge < -0.3 is 5.11 Å². The van der Waals surface area contributed by atoms with Crippen LogP contribution in [0.4, 0.5) is 0 Å². The number of aliphatic hydroxyl groups is 1. The summed E-state index contributed by atoms with van der Waals surface area (Å²) < 4.78 is 0. The van der Waals surface area contributed by atoms with Crippen LogP contribution in [0, 0.1) is 0 Å². The molecule has 2 aromatic rings. The highest BCUT2D eigenvalue weighted by Gasteiger charge is 2.19. The molecule has 1 unspecified atom stereocenters. The van der Waals surface area contributed by atoms with Gasteiger partial charge in [0, 0.05) is 6.42 Å². The van der Waals surface area contributed by atoms with Crippen molar-refractivity contribution in [1.29, 1.82) is 0 Å². The Morgan fingerprint density at radius 1 is 1.17 bits per heavy atom. The van der Waals surface area contributed by atoms with Gasteiger partial charge in [-0.25, -0.2) is 0 Å². The molecule has 0 saturated carbocycles. The summed E-state index contributed by atoms with van der Waals surface area (Å²) in [5, 5.41) is 18.7. The van der Waals surface area contributed by atoms with Gasteiger partial charge in [0.25, 0.3) is 0 Å². The topological polar surface area (TPSA) is 50.9 Å². The van der Waals surface area contributed by atoms with E-state index in [1.807, 2.05) is 44.2 Å². The number of aliphatic hydroxyl groups excluding tert-OH is 1. The summed E-state index contributed by atoms with van der Waals surface area (Å²) >= 11 is 0. The van der Waals surface area contributed by atoms with Crippen molar-refractivity contribution in [1.82, 2.24) is 15.0 Å². The summed E-state index contributed by atoms with van der Waals surface area (Å²) in [6.45, 7) is 4.00. The molecular weight excluding hydrogens is 226 g/mol. The molecule has 0 fully saturated rings. The fourth-order valence-electron chi connectivity index (χ4n) is 2.46. The molecule has 1 atom stereocenters. The first-order valence-electron chi connectivity index (χ1n) is 6.04. The van der Waals surface area contributed by atoms with Gasteiger partial charge in [0.1, 0.15) is 11.0 Å². The maximum atomic E-state index is 9.69. The molecule has 3 rings (SSSR count). The standard InChI is InChI=1S/C14H15N3O/c1-9-7-11(18)8-10(2)14(9)17-15-12-5-3-4-6-13(12)16-17/h3-7,11,18H,8H2,1-2H3. The molecule has 0 saturated heterocycles. The lowest BCUT2D eigenvalue weighted by atomic mass is 9.96. The molecule has 4 nitrogen and oxygen atoms in total. The zero-order valence-corrected chi connectivity index (χ0v) is 10.5. The SMILES string of the molecule is CC1=CC(O)CC(C)=C1n1nc2ccccc2n1. The fourth-order valence-corrected chi connectivity index (χ4v) is 2.46. The number of hydrogen-bond acceptors (Lipinski definition) is 3. The average Bonchev–Trinajstić information content (AvgIpc) is 2.70. The van der Waals surface area contributed by atoms with Crippen LogP contribution in [0.1, 0.15) is 20.3 Å². The molecule has 1 aliphatic carbocycles. The molecule has 0 bridgehead atoms. The molecule has 1 N–H and O–H groups in total. The van der Waals surface area contributed by atoms with E-state index in [-0.39, 0.29) is 0 Å². The Labute approximate surface area is 105 Å². The van der Waals surface area contributed by atoms with Crippen LogP contribution in [-0.2, 0) is 0 Å². The molecular formula is C14H15N3O. The summed E-state index contributed by atoms with van der Waals surface area (Å²) in [5.41, 5.74) is 4.90. The molecule has 1 aromatic heterocycles. The van der Waals surface area contributed by atoms with E-state index in [1.54, 1.807) is 4.80 Å². The third-order valence-corrected chi connectivity index (χ3v) is 3.22. The average molecular weight is 241 g/mol. The number of aromatic nitrogens is 3. The van der Waals surface area contributed by atoms with Gasteiger partial charge in [-0.1, -0.05) is 18.2 Å². The van der Waals surface area contributed by atoms with Crippen molar-refractivity contribution >= 4 is 16.7 Å². The first-order chi connectivity index (χ1) is 8.65. The van der Waals surface area contributed by atoms with E-state index >= 15 is 0 Å². The molecule has 18 heavy (non-hydrogen) atoms. The zero-order chi connectivity index (χ0) is 12.7. The van der Waals surface area contributed by atoms with Crippen LogP contribution >= 0.6 is 0 Å². The van der Waals surface area contributed by atoms with E-state index in [0.717, 1.165) is 27.9 Å². The largest absolute Gasteiger partial charge is 0.389 e. The van der Waals surface area contributed by atoms with Gasteiger partial charge in [-0.2, -0.15) is 4.80 Å². The van der Waals surface area contributed by atoms with Gasteiger partial charge in [0.05, 0.1) is 11.8 Å². The van der Waals surface area contributed by atoms with Crippen LogP contribution in [0.3, 0.4) is 0 Å². The van der Waals surface area contributed by atoms with Gasteiger partial charge >= 0.3 is 0 Å². The first-order valence-corrected chi connectivity index (χ1v) is 6.04. The highest BCUT2D eigenvalue weighted by atomic mass is 16.3. The van der Waals surface area contributed by atoms with E-state index in [2.05, 4.69) is 10.2 Å². The number of nitrogens with zero attached hydrogens (tertiary/aromatic N) is 3. The third kappa shape index (κ3) is 1.75. The van der Waals surface area contributed by atoms with Crippen LogP contribution < -0.4 is 0 Å². The Morgan fingerprint density at radius 3 is 2.33 bits per heavy atom. The molecule has 1 aromatic carbocycles. The Balaban J connectivity index is 2.14. The van der Waals surface area contributed by atoms with Crippen molar-refractivity contribution < 1.29 is 5.11 Å². The van der Waals surface area contributed by atoms with Crippen LogP contribution in [0.25, 0.3) is 16.7 Å². The summed E-state index contributed by atoms with van der Waals surface area (Å²) in [6.07, 6.45) is 2.11. The summed E-state index contributed by atoms with van der Waals surface area (Å²) in [7, 11) is 0. The second-order valence-electron chi connectivity index (χ2n) is 4.73. The van der Waals surface area contributed by atoms with Crippen molar-refractivity contribution in [2.45, 2.75) is 26.4 Å². The summed E-state index contributed by atoms with van der Waals surface area (Å²) in [5.74, 6) is 0. The number of benzene rings is 1. The van der Waals surface area contributed by atoms with E-state index in [4.69, 9.17) is 0 Å². The smallest absolute Gasteiger partial charge is 0.113 e. The molecule has 0 spiro atoms. The Hall–Kier alpha value is -1.94. The van der Waals surface area contributed by atoms with Crippen molar-refractivity contribution in [3.63, 3.8) is 0 Å². The number of rotatable bonds is 1. The Bertz CT molecular complexity index is 633. The summed E-state index contributed by atoms with van der Waals surface area (Å²) in [4.78, 5) is 1.68. The minimum atomic E-state index is -0.390. The number of allylic oxidation sites excluding steroid dienone is 2. The molecule has 92 valence electrons. The third-order valence-electron chi connectivity index (χ3n) is 3.22. The Kier molecular flexibility index (Phi) is 2.52. The van der Waals surface area contributed by atoms with Gasteiger partial charge in [0.15, 0.2) is 0 Å². The molecule has 1 aliphatic rings. The lowest BCUT2D eigenvalue weighted by molar-refractivity contribution is 0.221. The first kappa shape index (κ1) is 11.2. The molecule has 4 heteroatoms. The normalized spacial score (nSPS) is 20.4. The van der Waals surface area contributed by atoms with Gasteiger partial charge in [0.2, 0.25) is 0 Å². The van der Waals surface area contributed by atoms with Crippen molar-refractivity contribution in [2.75, 3.05) is 0 Å². The minimum absolute atomic E-state index is 0.390. The lowest BCUT2D eigenvalue weighted by Crippen LogP contribution is -2.15. The highest BCUT2D eigenvalue weighted by molar-refractivity contribution is 5.76. The molecule has 0 radical (unpaired) electrons. The van der Waals surface area contributed by atoms with Crippen LogP contribution in [0.2, 0.25) is 0 Å². The van der Waals surface area contributed by atoms with Crippen molar-refractivity contribution in [2.24, 2.45) is 0 Å². The van der Waals surface area contributed by atoms with Crippen LogP contribution in [0.15, 0.2) is 41.5 Å². The van der Waals surface area contributed by atoms with Gasteiger partial charge in [-0.15, -0.1) is 10.2 Å². The fraction of sp³-hybridized carbons (Fsp3) is 0.286. The minimum Gasteiger partial charge on any atom is -0.389 e. The molecule has 0 aliphatic heterocycles. The van der Waals surface area contributed by atoms with E-state index in [9.17, 15) is 5.11 Å². The molecule has 0 amide bonds. The molecule has 1 heterocycles. The van der Waals surface area contributed by atoms with Crippen LogP contribution in [-0.4, -0.2) is 26.2 Å². The maximum Gasteiger partial charge on any atom is 0.113 e. The quantitative estimate of drug-likeness (QED) is 0.834. The van der Waals surface area contributed by atoms with Crippen molar-refractivity contribution in [3.05, 3.63) is 41.5 Å². The van der Waals surface area contributed by atoms with E-state index in [0.29, 0.717) is 6.42 Å². The summed E-state index contributed by atoms with van der Waals surface area (Å²) in [6, 6.07) is 7.81. The second-order valence-corrected chi connectivity index (χ2v) is 4.73. The van der Waals surface area contributed by atoms with E-state index < -0.39 is 6.10 Å². The highest BCUT2D eigenvalue weighted by Crippen LogP contribution is 2.28. The van der Waals surface area contributed by atoms with Crippen molar-refractivity contribution in [3.8, 4) is 0 Å². The lowest BCUT2D eigenvalue weighted by Gasteiger charge is -2.19. The van der Waals surface area contributed by atoms with Gasteiger partial charge in [-0.3, -0.25) is 0 Å². The predicted octanol–water partition coefficient (Wildman–Crippen LogP) is 2.37. The van der Waals surface area contributed by atoms with Crippen LogP contribution in [0.5, 0.6) is 0 Å². The Morgan fingerprint density at radius 2 is 1.78 bits per heavy atom. The van der Waals surface area contributed by atoms with E-state index in [1.165, 1.54) is 0 Å². The zero-order valence-electron chi connectivity index (χ0n) is 10.5. The maximum absolute atomic E-state index is 9.69. The second kappa shape index (κ2) is 4.07.